The SMILES string of the molecule is Clc1ccc(/C=C/c2ccc(-c3ncc4c(n3)CCNC4)cc2)cc1. The molecule has 1 N–H and O–H groups in total. The van der Waals surface area contributed by atoms with Crippen LogP contribution in [0.3, 0.4) is 0 Å². The second-order valence-corrected chi connectivity index (χ2v) is 6.54. The average molecular weight is 348 g/mol. The summed E-state index contributed by atoms with van der Waals surface area (Å²) in [5.41, 5.74) is 5.68. The van der Waals surface area contributed by atoms with E-state index in [9.17, 15) is 0 Å². The molecule has 0 bridgehead atoms. The number of nitrogens with zero attached hydrogens (tertiary/aromatic N) is 2. The van der Waals surface area contributed by atoms with Crippen molar-refractivity contribution >= 4 is 23.8 Å². The standard InChI is InChI=1S/C21H18ClN3/c22-19-9-5-16(6-10-19)2-1-15-3-7-17(8-4-15)21-24-14-18-13-23-12-11-20(18)25-21/h1-10,14,23H,11-13H2/b2-1+. The first-order valence-corrected chi connectivity index (χ1v) is 8.75. The highest BCUT2D eigenvalue weighted by atomic mass is 35.5. The molecule has 0 saturated carbocycles. The van der Waals surface area contributed by atoms with Gasteiger partial charge in [-0.25, -0.2) is 9.97 Å². The van der Waals surface area contributed by atoms with Gasteiger partial charge < -0.3 is 5.32 Å². The first kappa shape index (κ1) is 16.0. The molecular formula is C21H18ClN3. The van der Waals surface area contributed by atoms with E-state index in [4.69, 9.17) is 16.6 Å². The number of hydrogen-bond acceptors (Lipinski definition) is 3. The zero-order valence-corrected chi connectivity index (χ0v) is 14.5. The lowest BCUT2D eigenvalue weighted by Crippen LogP contribution is -2.24. The van der Waals surface area contributed by atoms with Crippen molar-refractivity contribution in [1.82, 2.24) is 15.3 Å². The second-order valence-electron chi connectivity index (χ2n) is 6.10. The molecule has 4 rings (SSSR count). The topological polar surface area (TPSA) is 37.8 Å². The smallest absolute Gasteiger partial charge is 0.159 e. The summed E-state index contributed by atoms with van der Waals surface area (Å²) >= 11 is 5.91. The fraction of sp³-hybridized carbons (Fsp3) is 0.143. The number of rotatable bonds is 3. The first-order chi connectivity index (χ1) is 12.3. The molecule has 0 atom stereocenters. The molecule has 0 fully saturated rings. The predicted octanol–water partition coefficient (Wildman–Crippen LogP) is 4.61. The molecule has 124 valence electrons. The quantitative estimate of drug-likeness (QED) is 0.703. The first-order valence-electron chi connectivity index (χ1n) is 8.37. The van der Waals surface area contributed by atoms with Crippen molar-refractivity contribution in [3.8, 4) is 11.4 Å². The van der Waals surface area contributed by atoms with Crippen LogP contribution in [0.1, 0.15) is 22.4 Å². The second kappa shape index (κ2) is 7.18. The van der Waals surface area contributed by atoms with E-state index >= 15 is 0 Å². The zero-order valence-electron chi connectivity index (χ0n) is 13.7. The van der Waals surface area contributed by atoms with Crippen LogP contribution in [0.2, 0.25) is 5.02 Å². The van der Waals surface area contributed by atoms with Gasteiger partial charge >= 0.3 is 0 Å². The highest BCUT2D eigenvalue weighted by molar-refractivity contribution is 6.30. The molecule has 0 aliphatic carbocycles. The predicted molar refractivity (Wildman–Crippen MR) is 103 cm³/mol. The number of aromatic nitrogens is 2. The maximum absolute atomic E-state index is 5.91. The van der Waals surface area contributed by atoms with Crippen LogP contribution >= 0.6 is 11.6 Å². The minimum atomic E-state index is 0.752. The van der Waals surface area contributed by atoms with Crippen LogP contribution in [0, 0.1) is 0 Å². The molecule has 1 aromatic heterocycles. The van der Waals surface area contributed by atoms with Crippen molar-refractivity contribution in [3.05, 3.63) is 82.1 Å². The normalized spacial score (nSPS) is 13.8. The van der Waals surface area contributed by atoms with Crippen molar-refractivity contribution in [1.29, 1.82) is 0 Å². The lowest BCUT2D eigenvalue weighted by atomic mass is 10.1. The molecule has 4 heteroatoms. The summed E-state index contributed by atoms with van der Waals surface area (Å²) in [5, 5.41) is 4.10. The summed E-state index contributed by atoms with van der Waals surface area (Å²) in [6.45, 7) is 1.85. The Morgan fingerprint density at radius 1 is 0.920 bits per heavy atom. The third kappa shape index (κ3) is 3.78. The number of halogens is 1. The molecule has 1 aliphatic heterocycles. The number of nitrogens with one attached hydrogen (secondary N) is 1. The van der Waals surface area contributed by atoms with Gasteiger partial charge in [0.1, 0.15) is 0 Å². The molecule has 0 radical (unpaired) electrons. The maximum atomic E-state index is 5.91. The van der Waals surface area contributed by atoms with Crippen LogP contribution in [-0.2, 0) is 13.0 Å². The van der Waals surface area contributed by atoms with Gasteiger partial charge in [0.2, 0.25) is 0 Å². The molecule has 3 aromatic rings. The Bertz CT molecular complexity index is 899. The van der Waals surface area contributed by atoms with Gasteiger partial charge in [0, 0.05) is 41.9 Å². The van der Waals surface area contributed by atoms with E-state index in [0.29, 0.717) is 0 Å². The van der Waals surface area contributed by atoms with Gasteiger partial charge in [-0.15, -0.1) is 0 Å². The lowest BCUT2D eigenvalue weighted by Gasteiger charge is -2.16. The van der Waals surface area contributed by atoms with Gasteiger partial charge in [-0.2, -0.15) is 0 Å². The fourth-order valence-corrected chi connectivity index (χ4v) is 3.01. The van der Waals surface area contributed by atoms with Crippen molar-refractivity contribution in [2.75, 3.05) is 6.54 Å². The largest absolute Gasteiger partial charge is 0.312 e. The minimum Gasteiger partial charge on any atom is -0.312 e. The Kier molecular flexibility index (Phi) is 4.59. The summed E-state index contributed by atoms with van der Waals surface area (Å²) in [4.78, 5) is 9.25. The number of hydrogen-bond donors (Lipinski definition) is 1. The Labute approximate surface area is 152 Å². The third-order valence-electron chi connectivity index (χ3n) is 4.32. The highest BCUT2D eigenvalue weighted by Crippen LogP contribution is 2.20. The van der Waals surface area contributed by atoms with Crippen LogP contribution in [-0.4, -0.2) is 16.5 Å². The summed E-state index contributed by atoms with van der Waals surface area (Å²) in [6, 6.07) is 16.1. The fourth-order valence-electron chi connectivity index (χ4n) is 2.88. The molecule has 3 nitrogen and oxygen atoms in total. The van der Waals surface area contributed by atoms with Gasteiger partial charge in [-0.1, -0.05) is 60.2 Å². The van der Waals surface area contributed by atoms with Crippen molar-refractivity contribution in [2.24, 2.45) is 0 Å². The molecule has 0 amide bonds. The van der Waals surface area contributed by atoms with Crippen molar-refractivity contribution in [3.63, 3.8) is 0 Å². The minimum absolute atomic E-state index is 0.752. The highest BCUT2D eigenvalue weighted by Gasteiger charge is 2.12. The molecule has 2 aromatic carbocycles. The molecule has 2 heterocycles. The van der Waals surface area contributed by atoms with Crippen LogP contribution in [0.15, 0.2) is 54.7 Å². The van der Waals surface area contributed by atoms with Gasteiger partial charge in [0.25, 0.3) is 0 Å². The van der Waals surface area contributed by atoms with E-state index in [0.717, 1.165) is 52.7 Å². The van der Waals surface area contributed by atoms with E-state index in [1.807, 2.05) is 30.5 Å². The molecule has 1 aliphatic rings. The molecular weight excluding hydrogens is 330 g/mol. The van der Waals surface area contributed by atoms with Crippen molar-refractivity contribution < 1.29 is 0 Å². The molecule has 0 saturated heterocycles. The molecule has 25 heavy (non-hydrogen) atoms. The number of fused-ring (bicyclic) bond motifs is 1. The van der Waals surface area contributed by atoms with E-state index < -0.39 is 0 Å². The Morgan fingerprint density at radius 3 is 2.32 bits per heavy atom. The van der Waals surface area contributed by atoms with Gasteiger partial charge in [-0.05, 0) is 23.3 Å². The number of benzene rings is 2. The Morgan fingerprint density at radius 2 is 1.60 bits per heavy atom. The van der Waals surface area contributed by atoms with Gasteiger partial charge in [0.05, 0.1) is 5.69 Å². The summed E-state index contributed by atoms with van der Waals surface area (Å²) < 4.78 is 0. The Balaban J connectivity index is 1.53. The van der Waals surface area contributed by atoms with Crippen molar-refractivity contribution in [2.45, 2.75) is 13.0 Å². The van der Waals surface area contributed by atoms with E-state index in [2.05, 4.69) is 46.7 Å². The molecule has 0 spiro atoms. The van der Waals surface area contributed by atoms with E-state index in [1.54, 1.807) is 0 Å². The summed E-state index contributed by atoms with van der Waals surface area (Å²) in [5.74, 6) is 0.800. The van der Waals surface area contributed by atoms with Gasteiger partial charge in [0.15, 0.2) is 5.82 Å². The zero-order chi connectivity index (χ0) is 17.1. The van der Waals surface area contributed by atoms with Crippen LogP contribution < -0.4 is 5.32 Å². The monoisotopic (exact) mass is 347 g/mol. The summed E-state index contributed by atoms with van der Waals surface area (Å²) in [6.07, 6.45) is 7.07. The molecule has 0 unspecified atom stereocenters. The van der Waals surface area contributed by atoms with Gasteiger partial charge in [-0.3, -0.25) is 0 Å². The lowest BCUT2D eigenvalue weighted by molar-refractivity contribution is 0.626. The average Bonchev–Trinajstić information content (AvgIpc) is 2.68. The maximum Gasteiger partial charge on any atom is 0.159 e. The summed E-state index contributed by atoms with van der Waals surface area (Å²) in [7, 11) is 0. The van der Waals surface area contributed by atoms with Crippen LogP contribution in [0.4, 0.5) is 0 Å². The van der Waals surface area contributed by atoms with E-state index in [-0.39, 0.29) is 0 Å². The third-order valence-corrected chi connectivity index (χ3v) is 4.57. The van der Waals surface area contributed by atoms with Crippen LogP contribution in [0.25, 0.3) is 23.5 Å². The van der Waals surface area contributed by atoms with Crippen LogP contribution in [0.5, 0.6) is 0 Å². The van der Waals surface area contributed by atoms with E-state index in [1.165, 1.54) is 5.56 Å². The Hall–Kier alpha value is -2.49.